The van der Waals surface area contributed by atoms with Crippen LogP contribution in [0.25, 0.3) is 0 Å². The predicted molar refractivity (Wildman–Crippen MR) is 73.4 cm³/mol. The van der Waals surface area contributed by atoms with Crippen LogP contribution in [0, 0.1) is 11.3 Å². The number of aliphatic hydroxyl groups excluding tert-OH is 1. The third-order valence-corrected chi connectivity index (χ3v) is 2.29. The lowest BCUT2D eigenvalue weighted by Crippen LogP contribution is -2.36. The van der Waals surface area contributed by atoms with E-state index in [0.29, 0.717) is 13.0 Å². The second kappa shape index (κ2) is 14.4. The summed E-state index contributed by atoms with van der Waals surface area (Å²) in [4.78, 5) is 0. The van der Waals surface area contributed by atoms with Crippen molar-refractivity contribution in [2.24, 2.45) is 0 Å². The molecule has 0 aliphatic carbocycles. The second-order valence-corrected chi connectivity index (χ2v) is 4.21. The van der Waals surface area contributed by atoms with E-state index in [9.17, 15) is 0 Å². The molecule has 0 fully saturated rings. The SMILES string of the molecule is C[C@H](O)CNCCNCCNCCNCCC#N. The molecule has 0 saturated heterocycles. The highest BCUT2D eigenvalue weighted by Gasteiger charge is 1.93. The Hall–Kier alpha value is -0.710. The minimum Gasteiger partial charge on any atom is -0.392 e. The monoisotopic (exact) mass is 257 g/mol. The first-order chi connectivity index (χ1) is 8.77. The van der Waals surface area contributed by atoms with Crippen molar-refractivity contribution in [2.45, 2.75) is 19.4 Å². The third-order valence-electron chi connectivity index (χ3n) is 2.29. The van der Waals surface area contributed by atoms with Crippen LogP contribution >= 0.6 is 0 Å². The van der Waals surface area contributed by atoms with Crippen molar-refractivity contribution in [2.75, 3.05) is 52.4 Å². The van der Waals surface area contributed by atoms with Crippen molar-refractivity contribution in [3.05, 3.63) is 0 Å². The van der Waals surface area contributed by atoms with Crippen LogP contribution in [0.3, 0.4) is 0 Å². The summed E-state index contributed by atoms with van der Waals surface area (Å²) in [7, 11) is 0. The van der Waals surface area contributed by atoms with Crippen molar-refractivity contribution in [3.63, 3.8) is 0 Å². The van der Waals surface area contributed by atoms with Gasteiger partial charge in [0.25, 0.3) is 0 Å². The summed E-state index contributed by atoms with van der Waals surface area (Å²) in [6.07, 6.45) is 0.293. The smallest absolute Gasteiger partial charge is 0.0636 e. The molecule has 6 heteroatoms. The summed E-state index contributed by atoms with van der Waals surface area (Å²) >= 11 is 0. The van der Waals surface area contributed by atoms with Crippen LogP contribution in [0.5, 0.6) is 0 Å². The van der Waals surface area contributed by atoms with E-state index in [1.54, 1.807) is 6.92 Å². The Morgan fingerprint density at radius 2 is 1.33 bits per heavy atom. The molecule has 0 saturated carbocycles. The number of aliphatic hydroxyl groups is 1. The summed E-state index contributed by atoms with van der Waals surface area (Å²) < 4.78 is 0. The van der Waals surface area contributed by atoms with E-state index in [1.165, 1.54) is 0 Å². The van der Waals surface area contributed by atoms with Gasteiger partial charge < -0.3 is 26.4 Å². The zero-order valence-corrected chi connectivity index (χ0v) is 11.3. The molecule has 0 aliphatic heterocycles. The molecule has 1 atom stereocenters. The Morgan fingerprint density at radius 1 is 0.889 bits per heavy atom. The fourth-order valence-electron chi connectivity index (χ4n) is 1.36. The summed E-state index contributed by atoms with van der Waals surface area (Å²) in [5.41, 5.74) is 0. The van der Waals surface area contributed by atoms with E-state index in [0.717, 1.165) is 45.8 Å². The Balaban J connectivity index is 2.93. The average molecular weight is 257 g/mol. The molecule has 0 bridgehead atoms. The molecular formula is C12H27N5O. The van der Waals surface area contributed by atoms with E-state index in [-0.39, 0.29) is 6.10 Å². The van der Waals surface area contributed by atoms with Gasteiger partial charge in [-0.25, -0.2) is 0 Å². The third kappa shape index (κ3) is 15.3. The predicted octanol–water partition coefficient (Wildman–Crippen LogP) is -1.36. The first kappa shape index (κ1) is 17.3. The van der Waals surface area contributed by atoms with E-state index >= 15 is 0 Å². The van der Waals surface area contributed by atoms with E-state index < -0.39 is 0 Å². The van der Waals surface area contributed by atoms with Gasteiger partial charge in [0.05, 0.1) is 12.2 Å². The molecule has 5 N–H and O–H groups in total. The number of nitriles is 1. The van der Waals surface area contributed by atoms with E-state index in [4.69, 9.17) is 10.4 Å². The van der Waals surface area contributed by atoms with Gasteiger partial charge in [0.15, 0.2) is 0 Å². The maximum absolute atomic E-state index is 9.01. The first-order valence-electron chi connectivity index (χ1n) is 6.65. The quantitative estimate of drug-likeness (QED) is 0.262. The molecule has 106 valence electrons. The highest BCUT2D eigenvalue weighted by Crippen LogP contribution is 1.73. The van der Waals surface area contributed by atoms with Gasteiger partial charge in [-0.2, -0.15) is 5.26 Å². The highest BCUT2D eigenvalue weighted by molar-refractivity contribution is 4.70. The molecule has 0 rings (SSSR count). The van der Waals surface area contributed by atoms with Crippen LogP contribution in [0.1, 0.15) is 13.3 Å². The van der Waals surface area contributed by atoms with E-state index in [2.05, 4.69) is 27.3 Å². The largest absolute Gasteiger partial charge is 0.392 e. The lowest BCUT2D eigenvalue weighted by Gasteiger charge is -2.09. The van der Waals surface area contributed by atoms with Crippen LogP contribution in [0.4, 0.5) is 0 Å². The molecule has 0 unspecified atom stereocenters. The van der Waals surface area contributed by atoms with Crippen molar-refractivity contribution < 1.29 is 5.11 Å². The number of hydrogen-bond acceptors (Lipinski definition) is 6. The maximum Gasteiger partial charge on any atom is 0.0636 e. The molecule has 0 heterocycles. The number of nitrogens with one attached hydrogen (secondary N) is 4. The minimum absolute atomic E-state index is 0.278. The van der Waals surface area contributed by atoms with Gasteiger partial charge >= 0.3 is 0 Å². The van der Waals surface area contributed by atoms with Gasteiger partial charge in [0.2, 0.25) is 0 Å². The number of rotatable bonds is 13. The molecule has 6 nitrogen and oxygen atoms in total. The second-order valence-electron chi connectivity index (χ2n) is 4.21. The highest BCUT2D eigenvalue weighted by atomic mass is 16.3. The van der Waals surface area contributed by atoms with Gasteiger partial charge in [0, 0.05) is 58.8 Å². The zero-order chi connectivity index (χ0) is 13.5. The normalized spacial score (nSPS) is 12.3. The van der Waals surface area contributed by atoms with Gasteiger partial charge in [-0.1, -0.05) is 0 Å². The summed E-state index contributed by atoms with van der Waals surface area (Å²) in [5, 5.41) is 30.3. The topological polar surface area (TPSA) is 92.1 Å². The van der Waals surface area contributed by atoms with Gasteiger partial charge in [0.1, 0.15) is 0 Å². The molecule has 0 spiro atoms. The van der Waals surface area contributed by atoms with Crippen LogP contribution in [0.2, 0.25) is 0 Å². The van der Waals surface area contributed by atoms with Crippen LogP contribution in [0.15, 0.2) is 0 Å². The lowest BCUT2D eigenvalue weighted by molar-refractivity contribution is 0.191. The molecule has 0 aromatic heterocycles. The Kier molecular flexibility index (Phi) is 13.8. The van der Waals surface area contributed by atoms with E-state index in [1.807, 2.05) is 0 Å². The van der Waals surface area contributed by atoms with Crippen molar-refractivity contribution >= 4 is 0 Å². The number of nitrogens with zero attached hydrogens (tertiary/aromatic N) is 1. The van der Waals surface area contributed by atoms with Gasteiger partial charge in [-0.05, 0) is 6.92 Å². The van der Waals surface area contributed by atoms with Gasteiger partial charge in [-0.3, -0.25) is 0 Å². The zero-order valence-electron chi connectivity index (χ0n) is 11.3. The minimum atomic E-state index is -0.278. The van der Waals surface area contributed by atoms with Crippen LogP contribution in [-0.2, 0) is 0 Å². The lowest BCUT2D eigenvalue weighted by atomic mass is 10.4. The Morgan fingerprint density at radius 3 is 1.78 bits per heavy atom. The standard InChI is InChI=1S/C12H27N5O/c1-12(18)11-17-10-9-16-8-7-15-6-5-14-4-2-3-13/h12,14-18H,2,4-11H2,1H3/t12-/m0/s1. The molecule has 0 aromatic rings. The molecule has 0 amide bonds. The Labute approximate surface area is 110 Å². The van der Waals surface area contributed by atoms with Crippen molar-refractivity contribution in [1.29, 1.82) is 5.26 Å². The molecular weight excluding hydrogens is 230 g/mol. The molecule has 18 heavy (non-hydrogen) atoms. The summed E-state index contributed by atoms with van der Waals surface area (Å²) in [5.74, 6) is 0. The molecule has 0 aromatic carbocycles. The van der Waals surface area contributed by atoms with Gasteiger partial charge in [-0.15, -0.1) is 0 Å². The summed E-state index contributed by atoms with van der Waals surface area (Å²) in [6.45, 7) is 8.68. The van der Waals surface area contributed by atoms with Crippen molar-refractivity contribution in [3.8, 4) is 6.07 Å². The van der Waals surface area contributed by atoms with Crippen LogP contribution in [-0.4, -0.2) is 63.6 Å². The Bertz CT molecular complexity index is 205. The van der Waals surface area contributed by atoms with Crippen LogP contribution < -0.4 is 21.3 Å². The average Bonchev–Trinajstić information content (AvgIpc) is 2.34. The first-order valence-corrected chi connectivity index (χ1v) is 6.65. The fourth-order valence-corrected chi connectivity index (χ4v) is 1.36. The fraction of sp³-hybridized carbons (Fsp3) is 0.917. The number of hydrogen-bond donors (Lipinski definition) is 5. The molecule has 0 radical (unpaired) electrons. The molecule has 0 aliphatic rings. The summed E-state index contributed by atoms with van der Waals surface area (Å²) in [6, 6.07) is 2.10. The maximum atomic E-state index is 9.01. The van der Waals surface area contributed by atoms with Crippen molar-refractivity contribution in [1.82, 2.24) is 21.3 Å².